The molecule has 0 fully saturated rings. The lowest BCUT2D eigenvalue weighted by atomic mass is 9.86. The van der Waals surface area contributed by atoms with Gasteiger partial charge < -0.3 is 0 Å². The average Bonchev–Trinajstić information content (AvgIpc) is 2.28. The number of hydrogen-bond acceptors (Lipinski definition) is 3. The fourth-order valence-electron chi connectivity index (χ4n) is 1.50. The van der Waals surface area contributed by atoms with Crippen LogP contribution in [0.1, 0.15) is 31.9 Å². The van der Waals surface area contributed by atoms with Crippen LogP contribution in [-0.2, 0) is 10.3 Å². The van der Waals surface area contributed by atoms with Gasteiger partial charge in [0.2, 0.25) is 0 Å². The summed E-state index contributed by atoms with van der Waals surface area (Å²) in [6, 6.07) is 10.1. The Bertz CT molecular complexity index is 433. The van der Waals surface area contributed by atoms with Crippen LogP contribution in [0.5, 0.6) is 0 Å². The van der Waals surface area contributed by atoms with E-state index in [1.807, 2.05) is 18.2 Å². The molecule has 0 saturated heterocycles. The highest BCUT2D eigenvalue weighted by Crippen LogP contribution is 2.23. The van der Waals surface area contributed by atoms with E-state index in [2.05, 4.69) is 38.4 Å². The maximum atomic E-state index is 8.69. The SMILES string of the molecule is CON/C(=C\C#N)c1ccc(C(C)(C)C)cc1. The van der Waals surface area contributed by atoms with Crippen molar-refractivity contribution in [3.05, 3.63) is 41.5 Å². The molecule has 0 amide bonds. The molecule has 1 rings (SSSR count). The molecule has 0 heterocycles. The Labute approximate surface area is 103 Å². The van der Waals surface area contributed by atoms with Gasteiger partial charge in [-0.2, -0.15) is 5.26 Å². The van der Waals surface area contributed by atoms with Gasteiger partial charge in [0, 0.05) is 11.6 Å². The van der Waals surface area contributed by atoms with Gasteiger partial charge >= 0.3 is 0 Å². The van der Waals surface area contributed by atoms with E-state index >= 15 is 0 Å². The quantitative estimate of drug-likeness (QED) is 0.641. The summed E-state index contributed by atoms with van der Waals surface area (Å²) >= 11 is 0. The Kier molecular flexibility index (Phi) is 4.30. The third-order valence-corrected chi connectivity index (χ3v) is 2.48. The largest absolute Gasteiger partial charge is 0.279 e. The van der Waals surface area contributed by atoms with E-state index in [4.69, 9.17) is 10.1 Å². The van der Waals surface area contributed by atoms with Gasteiger partial charge in [-0.25, -0.2) is 0 Å². The fourth-order valence-corrected chi connectivity index (χ4v) is 1.50. The lowest BCUT2D eigenvalue weighted by Crippen LogP contribution is -2.12. The van der Waals surface area contributed by atoms with Crippen LogP contribution in [0.25, 0.3) is 5.70 Å². The average molecular weight is 230 g/mol. The van der Waals surface area contributed by atoms with Gasteiger partial charge in [-0.05, 0) is 11.0 Å². The number of benzene rings is 1. The second kappa shape index (κ2) is 5.51. The van der Waals surface area contributed by atoms with Crippen LogP contribution in [0.3, 0.4) is 0 Å². The van der Waals surface area contributed by atoms with Gasteiger partial charge in [0.05, 0.1) is 18.9 Å². The number of hydrogen-bond donors (Lipinski definition) is 1. The van der Waals surface area contributed by atoms with E-state index in [0.29, 0.717) is 5.70 Å². The summed E-state index contributed by atoms with van der Waals surface area (Å²) in [7, 11) is 1.52. The van der Waals surface area contributed by atoms with Crippen molar-refractivity contribution in [2.75, 3.05) is 7.11 Å². The van der Waals surface area contributed by atoms with Crippen molar-refractivity contribution in [3.8, 4) is 6.07 Å². The molecule has 0 aliphatic carbocycles. The summed E-state index contributed by atoms with van der Waals surface area (Å²) in [5.74, 6) is 0. The molecule has 0 unspecified atom stereocenters. The van der Waals surface area contributed by atoms with Gasteiger partial charge in [-0.3, -0.25) is 10.3 Å². The van der Waals surface area contributed by atoms with E-state index in [-0.39, 0.29) is 5.41 Å². The molecule has 1 aromatic carbocycles. The van der Waals surface area contributed by atoms with Crippen LogP contribution >= 0.6 is 0 Å². The molecule has 0 saturated carbocycles. The highest BCUT2D eigenvalue weighted by Gasteiger charge is 2.13. The second-order valence-corrected chi connectivity index (χ2v) is 4.82. The van der Waals surface area contributed by atoms with Gasteiger partial charge in [0.25, 0.3) is 0 Å². The molecule has 90 valence electrons. The van der Waals surface area contributed by atoms with E-state index in [0.717, 1.165) is 5.56 Å². The highest BCUT2D eigenvalue weighted by molar-refractivity contribution is 5.65. The molecular weight excluding hydrogens is 212 g/mol. The first-order valence-electron chi connectivity index (χ1n) is 5.48. The minimum Gasteiger partial charge on any atom is -0.279 e. The van der Waals surface area contributed by atoms with Crippen LogP contribution in [-0.4, -0.2) is 7.11 Å². The predicted molar refractivity (Wildman–Crippen MR) is 68.9 cm³/mol. The van der Waals surface area contributed by atoms with E-state index in [1.54, 1.807) is 0 Å². The first kappa shape index (κ1) is 13.3. The van der Waals surface area contributed by atoms with Crippen LogP contribution in [0, 0.1) is 11.3 Å². The maximum Gasteiger partial charge on any atom is 0.0934 e. The molecule has 0 aliphatic rings. The number of nitrogens with zero attached hydrogens (tertiary/aromatic N) is 1. The summed E-state index contributed by atoms with van der Waals surface area (Å²) in [6.45, 7) is 6.50. The lowest BCUT2D eigenvalue weighted by molar-refractivity contribution is 0.136. The monoisotopic (exact) mass is 230 g/mol. The minimum atomic E-state index is 0.131. The molecule has 0 radical (unpaired) electrons. The summed E-state index contributed by atoms with van der Waals surface area (Å²) < 4.78 is 0. The zero-order valence-corrected chi connectivity index (χ0v) is 10.7. The zero-order valence-electron chi connectivity index (χ0n) is 10.7. The first-order chi connectivity index (χ1) is 7.99. The van der Waals surface area contributed by atoms with Crippen molar-refractivity contribution in [1.29, 1.82) is 5.26 Å². The van der Waals surface area contributed by atoms with Crippen LogP contribution in [0.15, 0.2) is 30.3 Å². The molecule has 3 heteroatoms. The molecule has 1 N–H and O–H groups in total. The normalized spacial score (nSPS) is 12.1. The Balaban J connectivity index is 3.01. The smallest absolute Gasteiger partial charge is 0.0934 e. The summed E-state index contributed by atoms with van der Waals surface area (Å²) in [6.07, 6.45) is 1.43. The topological polar surface area (TPSA) is 45.0 Å². The van der Waals surface area contributed by atoms with Gasteiger partial charge in [-0.15, -0.1) is 0 Å². The highest BCUT2D eigenvalue weighted by atomic mass is 16.6. The second-order valence-electron chi connectivity index (χ2n) is 4.82. The van der Waals surface area contributed by atoms with Crippen molar-refractivity contribution < 1.29 is 4.84 Å². The van der Waals surface area contributed by atoms with Gasteiger partial charge in [-0.1, -0.05) is 45.0 Å². The number of rotatable bonds is 3. The van der Waals surface area contributed by atoms with Crippen LogP contribution in [0.4, 0.5) is 0 Å². The zero-order chi connectivity index (χ0) is 12.9. The molecule has 0 atom stereocenters. The molecule has 0 aromatic heterocycles. The van der Waals surface area contributed by atoms with Gasteiger partial charge in [0.15, 0.2) is 0 Å². The van der Waals surface area contributed by atoms with Crippen molar-refractivity contribution in [2.45, 2.75) is 26.2 Å². The van der Waals surface area contributed by atoms with Crippen molar-refractivity contribution >= 4 is 5.70 Å². The minimum absolute atomic E-state index is 0.131. The summed E-state index contributed by atoms with van der Waals surface area (Å²) in [4.78, 5) is 4.84. The number of hydroxylamine groups is 1. The van der Waals surface area contributed by atoms with Gasteiger partial charge in [0.1, 0.15) is 0 Å². The Morgan fingerprint density at radius 2 is 1.88 bits per heavy atom. The van der Waals surface area contributed by atoms with E-state index in [1.165, 1.54) is 18.7 Å². The third kappa shape index (κ3) is 3.61. The maximum absolute atomic E-state index is 8.69. The standard InChI is InChI=1S/C14H18N2O/c1-14(2,3)12-7-5-11(6-8-12)13(9-10-15)16-17-4/h5-9,16H,1-4H3/b13-9-. The molecule has 17 heavy (non-hydrogen) atoms. The fraction of sp³-hybridized carbons (Fsp3) is 0.357. The Morgan fingerprint density at radius 1 is 1.29 bits per heavy atom. The molecule has 0 aliphatic heterocycles. The first-order valence-corrected chi connectivity index (χ1v) is 5.48. The predicted octanol–water partition coefficient (Wildman–Crippen LogP) is 3.00. The Hall–Kier alpha value is -1.79. The molecular formula is C14H18N2O. The summed E-state index contributed by atoms with van der Waals surface area (Å²) in [5.41, 5.74) is 5.68. The number of nitriles is 1. The van der Waals surface area contributed by atoms with Crippen LogP contribution in [0.2, 0.25) is 0 Å². The van der Waals surface area contributed by atoms with E-state index in [9.17, 15) is 0 Å². The third-order valence-electron chi connectivity index (χ3n) is 2.48. The van der Waals surface area contributed by atoms with Crippen molar-refractivity contribution in [3.63, 3.8) is 0 Å². The van der Waals surface area contributed by atoms with Crippen LogP contribution < -0.4 is 5.48 Å². The van der Waals surface area contributed by atoms with Crippen molar-refractivity contribution in [2.24, 2.45) is 0 Å². The molecule has 3 nitrogen and oxygen atoms in total. The molecule has 1 aromatic rings. The Morgan fingerprint density at radius 3 is 2.29 bits per heavy atom. The number of allylic oxidation sites excluding steroid dienone is 1. The lowest BCUT2D eigenvalue weighted by Gasteiger charge is -2.19. The summed E-state index contributed by atoms with van der Waals surface area (Å²) in [5, 5.41) is 8.69. The molecule has 0 bridgehead atoms. The van der Waals surface area contributed by atoms with Crippen molar-refractivity contribution in [1.82, 2.24) is 5.48 Å². The number of nitrogens with one attached hydrogen (secondary N) is 1. The van der Waals surface area contributed by atoms with E-state index < -0.39 is 0 Å². The molecule has 0 spiro atoms.